The molecule has 0 bridgehead atoms. The fourth-order valence-electron chi connectivity index (χ4n) is 4.11. The van der Waals surface area contributed by atoms with E-state index in [2.05, 4.69) is 9.89 Å². The highest BCUT2D eigenvalue weighted by atomic mass is 32.2. The molecule has 37 heavy (non-hydrogen) atoms. The van der Waals surface area contributed by atoms with Gasteiger partial charge in [0.05, 0.1) is 16.8 Å². The molecule has 1 saturated heterocycles. The number of carbonyl (C=O) groups is 3. The van der Waals surface area contributed by atoms with Gasteiger partial charge in [-0.05, 0) is 31.2 Å². The second-order valence-electron chi connectivity index (χ2n) is 8.48. The van der Waals surface area contributed by atoms with Gasteiger partial charge in [0, 0.05) is 31.9 Å². The SMILES string of the molecule is CCOC(=O)Cn1c(=NC(=O)CS(=O)(=O)CC(=O)N2CCN(c3ccccc3)CC2)sc2ccccc21. The number of sulfone groups is 1. The van der Waals surface area contributed by atoms with Crippen molar-refractivity contribution in [3.8, 4) is 0 Å². The van der Waals surface area contributed by atoms with E-state index in [1.165, 1.54) is 20.8 Å². The Morgan fingerprint density at radius 3 is 2.32 bits per heavy atom. The van der Waals surface area contributed by atoms with Crippen molar-refractivity contribution in [3.63, 3.8) is 0 Å². The summed E-state index contributed by atoms with van der Waals surface area (Å²) in [5.41, 5.74) is 1.73. The van der Waals surface area contributed by atoms with Crippen LogP contribution in [0.3, 0.4) is 0 Å². The molecule has 1 fully saturated rings. The monoisotopic (exact) mass is 544 g/mol. The van der Waals surface area contributed by atoms with Crippen LogP contribution in [-0.4, -0.2) is 80.0 Å². The van der Waals surface area contributed by atoms with Gasteiger partial charge < -0.3 is 19.1 Å². The van der Waals surface area contributed by atoms with Crippen molar-refractivity contribution in [1.82, 2.24) is 9.47 Å². The first-order valence-corrected chi connectivity index (χ1v) is 14.5. The van der Waals surface area contributed by atoms with Crippen molar-refractivity contribution in [2.24, 2.45) is 4.99 Å². The van der Waals surface area contributed by atoms with Gasteiger partial charge in [-0.15, -0.1) is 0 Å². The van der Waals surface area contributed by atoms with E-state index < -0.39 is 39.1 Å². The van der Waals surface area contributed by atoms with Gasteiger partial charge in [0.2, 0.25) is 5.91 Å². The van der Waals surface area contributed by atoms with Gasteiger partial charge in [0.25, 0.3) is 5.91 Å². The molecule has 3 aromatic rings. The molecule has 0 unspecified atom stereocenters. The van der Waals surface area contributed by atoms with Crippen molar-refractivity contribution in [1.29, 1.82) is 0 Å². The highest BCUT2D eigenvalue weighted by Gasteiger charge is 2.27. The fraction of sp³-hybridized carbons (Fsp3) is 0.360. The molecule has 0 aliphatic carbocycles. The van der Waals surface area contributed by atoms with Gasteiger partial charge in [0.15, 0.2) is 14.6 Å². The third-order valence-corrected chi connectivity index (χ3v) is 8.27. The number of hydrogen-bond acceptors (Lipinski definition) is 8. The number of hydrogen-bond donors (Lipinski definition) is 0. The molecule has 2 aromatic carbocycles. The molecule has 0 atom stereocenters. The Morgan fingerprint density at radius 1 is 0.946 bits per heavy atom. The van der Waals surface area contributed by atoms with Gasteiger partial charge in [-0.3, -0.25) is 14.4 Å². The van der Waals surface area contributed by atoms with E-state index in [9.17, 15) is 22.8 Å². The van der Waals surface area contributed by atoms with Crippen LogP contribution in [0.15, 0.2) is 59.6 Å². The van der Waals surface area contributed by atoms with Crippen molar-refractivity contribution >= 4 is 54.9 Å². The van der Waals surface area contributed by atoms with Crippen LogP contribution in [0.5, 0.6) is 0 Å². The maximum atomic E-state index is 12.7. The van der Waals surface area contributed by atoms with Crippen LogP contribution in [-0.2, 0) is 35.5 Å². The predicted molar refractivity (Wildman–Crippen MR) is 141 cm³/mol. The number of esters is 1. The van der Waals surface area contributed by atoms with Gasteiger partial charge in [-0.2, -0.15) is 4.99 Å². The van der Waals surface area contributed by atoms with E-state index in [-0.39, 0.29) is 18.0 Å². The maximum Gasteiger partial charge on any atom is 0.326 e. The van der Waals surface area contributed by atoms with Gasteiger partial charge in [-0.25, -0.2) is 8.42 Å². The number of ether oxygens (including phenoxy) is 1. The third kappa shape index (κ3) is 6.83. The van der Waals surface area contributed by atoms with Crippen molar-refractivity contribution in [2.45, 2.75) is 13.5 Å². The Morgan fingerprint density at radius 2 is 1.62 bits per heavy atom. The minimum atomic E-state index is -4.03. The molecule has 1 aromatic heterocycles. The Kier molecular flexibility index (Phi) is 8.39. The summed E-state index contributed by atoms with van der Waals surface area (Å²) in [7, 11) is -4.03. The van der Waals surface area contributed by atoms with Crippen LogP contribution in [0.1, 0.15) is 6.92 Å². The van der Waals surface area contributed by atoms with Crippen LogP contribution in [0.25, 0.3) is 10.2 Å². The number of thiazole rings is 1. The zero-order valence-corrected chi connectivity index (χ0v) is 22.0. The number of rotatable bonds is 8. The molecule has 0 saturated carbocycles. The molecular formula is C25H28N4O6S2. The first-order chi connectivity index (χ1) is 17.8. The van der Waals surface area contributed by atoms with Crippen LogP contribution in [0.2, 0.25) is 0 Å². The highest BCUT2D eigenvalue weighted by molar-refractivity contribution is 7.92. The minimum absolute atomic E-state index is 0.163. The minimum Gasteiger partial charge on any atom is -0.465 e. The fourth-order valence-corrected chi connectivity index (χ4v) is 6.25. The Labute approximate surface area is 218 Å². The quantitative estimate of drug-likeness (QED) is 0.394. The summed E-state index contributed by atoms with van der Waals surface area (Å²) in [4.78, 5) is 45.2. The lowest BCUT2D eigenvalue weighted by atomic mass is 10.2. The van der Waals surface area contributed by atoms with Crippen LogP contribution in [0, 0.1) is 0 Å². The summed E-state index contributed by atoms with van der Waals surface area (Å²) in [6.45, 7) is 3.73. The third-order valence-electron chi connectivity index (χ3n) is 5.84. The molecule has 2 heterocycles. The number of amides is 2. The number of nitrogens with zero attached hydrogens (tertiary/aromatic N) is 4. The number of para-hydroxylation sites is 2. The van der Waals surface area contributed by atoms with E-state index in [1.807, 2.05) is 42.5 Å². The van der Waals surface area contributed by atoms with Crippen LogP contribution < -0.4 is 9.70 Å². The molecule has 196 valence electrons. The summed E-state index contributed by atoms with van der Waals surface area (Å²) < 4.78 is 32.7. The molecule has 10 nitrogen and oxygen atoms in total. The molecule has 1 aliphatic heterocycles. The van der Waals surface area contributed by atoms with E-state index in [0.717, 1.165) is 10.4 Å². The van der Waals surface area contributed by atoms with Crippen molar-refractivity contribution < 1.29 is 27.5 Å². The number of benzene rings is 2. The topological polar surface area (TPSA) is 118 Å². The normalized spacial score (nSPS) is 14.7. The average molecular weight is 545 g/mol. The summed E-state index contributed by atoms with van der Waals surface area (Å²) in [6, 6.07) is 17.0. The van der Waals surface area contributed by atoms with Crippen LogP contribution in [0.4, 0.5) is 5.69 Å². The molecule has 0 radical (unpaired) electrons. The molecule has 2 amide bonds. The highest BCUT2D eigenvalue weighted by Crippen LogP contribution is 2.17. The largest absolute Gasteiger partial charge is 0.465 e. The smallest absolute Gasteiger partial charge is 0.326 e. The summed E-state index contributed by atoms with van der Waals surface area (Å²) in [6.07, 6.45) is 0. The number of carbonyl (C=O) groups excluding carboxylic acids is 3. The van der Waals surface area contributed by atoms with Crippen molar-refractivity contribution in [3.05, 3.63) is 59.4 Å². The van der Waals surface area contributed by atoms with Gasteiger partial charge >= 0.3 is 5.97 Å². The van der Waals surface area contributed by atoms with Crippen LogP contribution >= 0.6 is 11.3 Å². The molecule has 0 spiro atoms. The summed E-state index contributed by atoms with van der Waals surface area (Å²) in [5.74, 6) is -3.57. The summed E-state index contributed by atoms with van der Waals surface area (Å²) in [5, 5.41) is 0. The molecule has 12 heteroatoms. The zero-order chi connectivity index (χ0) is 26.4. The second kappa shape index (κ2) is 11.7. The maximum absolute atomic E-state index is 12.7. The standard InChI is InChI=1S/C25H28N4O6S2/c1-2-35-24(32)16-29-20-10-6-7-11-21(20)36-25(29)26-22(30)17-37(33,34)18-23(31)28-14-12-27(13-15-28)19-8-4-3-5-9-19/h3-11H,2,12-18H2,1H3. The summed E-state index contributed by atoms with van der Waals surface area (Å²) >= 11 is 1.17. The molecular weight excluding hydrogens is 516 g/mol. The van der Waals surface area contributed by atoms with Gasteiger partial charge in [0.1, 0.15) is 18.1 Å². The second-order valence-corrected chi connectivity index (χ2v) is 11.6. The molecule has 4 rings (SSSR count). The first-order valence-electron chi connectivity index (χ1n) is 11.9. The molecule has 1 aliphatic rings. The first kappa shape index (κ1) is 26.6. The van der Waals surface area contributed by atoms with E-state index >= 15 is 0 Å². The average Bonchev–Trinajstić information content (AvgIpc) is 3.20. The zero-order valence-electron chi connectivity index (χ0n) is 20.4. The Hall–Kier alpha value is -3.51. The number of fused-ring (bicyclic) bond motifs is 1. The van der Waals surface area contributed by atoms with Crippen molar-refractivity contribution in [2.75, 3.05) is 49.2 Å². The number of piperazine rings is 1. The Balaban J connectivity index is 1.41. The van der Waals surface area contributed by atoms with E-state index in [0.29, 0.717) is 31.7 Å². The predicted octanol–water partition coefficient (Wildman–Crippen LogP) is 1.46. The van der Waals surface area contributed by atoms with E-state index in [4.69, 9.17) is 4.74 Å². The van der Waals surface area contributed by atoms with Gasteiger partial charge in [-0.1, -0.05) is 41.7 Å². The number of anilines is 1. The lowest BCUT2D eigenvalue weighted by Gasteiger charge is -2.36. The number of aromatic nitrogens is 1. The lowest BCUT2D eigenvalue weighted by Crippen LogP contribution is -2.50. The van der Waals surface area contributed by atoms with E-state index in [1.54, 1.807) is 19.1 Å². The Bertz CT molecular complexity index is 1460. The molecule has 0 N–H and O–H groups in total. The lowest BCUT2D eigenvalue weighted by molar-refractivity contribution is -0.143.